The molecule has 1 amide bonds. The van der Waals surface area contributed by atoms with Crippen LogP contribution in [0.15, 0.2) is 36.4 Å². The monoisotopic (exact) mass is 301 g/mol. The number of hydrogen-bond acceptors (Lipinski definition) is 6. The molecule has 3 N–H and O–H groups in total. The molecule has 0 saturated heterocycles. The highest BCUT2D eigenvalue weighted by atomic mass is 16.7. The molecule has 1 heterocycles. The van der Waals surface area contributed by atoms with Crippen molar-refractivity contribution >= 4 is 23.0 Å². The number of nitrogens with one attached hydrogen (secondary N) is 1. The van der Waals surface area contributed by atoms with Crippen LogP contribution in [0.1, 0.15) is 10.4 Å². The average molecular weight is 301 g/mol. The van der Waals surface area contributed by atoms with Crippen molar-refractivity contribution in [1.29, 1.82) is 0 Å². The van der Waals surface area contributed by atoms with Crippen LogP contribution in [0.25, 0.3) is 0 Å². The molecule has 0 unspecified atom stereocenters. The zero-order chi connectivity index (χ0) is 15.7. The van der Waals surface area contributed by atoms with E-state index in [0.29, 0.717) is 17.2 Å². The number of nitrogens with zero attached hydrogens (tertiary/aromatic N) is 1. The third kappa shape index (κ3) is 2.49. The summed E-state index contributed by atoms with van der Waals surface area (Å²) in [5, 5.41) is 14.1. The summed E-state index contributed by atoms with van der Waals surface area (Å²) in [6, 6.07) is 9.08. The van der Waals surface area contributed by atoms with Crippen molar-refractivity contribution < 1.29 is 19.2 Å². The lowest BCUT2D eigenvalue weighted by molar-refractivity contribution is -0.383. The van der Waals surface area contributed by atoms with E-state index in [9.17, 15) is 14.9 Å². The van der Waals surface area contributed by atoms with Gasteiger partial charge in [-0.15, -0.1) is 0 Å². The molecule has 8 nitrogen and oxygen atoms in total. The summed E-state index contributed by atoms with van der Waals surface area (Å²) in [7, 11) is 0. The molecule has 1 aliphatic rings. The highest BCUT2D eigenvalue weighted by Crippen LogP contribution is 2.36. The highest BCUT2D eigenvalue weighted by Gasteiger charge is 2.18. The van der Waals surface area contributed by atoms with Crippen molar-refractivity contribution in [3.8, 4) is 11.5 Å². The van der Waals surface area contributed by atoms with Gasteiger partial charge in [-0.3, -0.25) is 14.9 Å². The number of carbonyl (C=O) groups is 1. The zero-order valence-corrected chi connectivity index (χ0v) is 11.2. The second-order valence-corrected chi connectivity index (χ2v) is 4.55. The first-order valence-corrected chi connectivity index (χ1v) is 6.29. The van der Waals surface area contributed by atoms with Gasteiger partial charge in [-0.05, 0) is 24.3 Å². The van der Waals surface area contributed by atoms with E-state index in [2.05, 4.69) is 5.32 Å². The van der Waals surface area contributed by atoms with E-state index in [1.165, 1.54) is 12.1 Å². The van der Waals surface area contributed by atoms with Crippen LogP contribution in [0, 0.1) is 10.1 Å². The molecule has 22 heavy (non-hydrogen) atoms. The van der Waals surface area contributed by atoms with Crippen LogP contribution in [0.4, 0.5) is 17.1 Å². The van der Waals surface area contributed by atoms with E-state index in [0.717, 1.165) is 6.07 Å². The summed E-state index contributed by atoms with van der Waals surface area (Å²) in [5.74, 6) is 0.447. The van der Waals surface area contributed by atoms with Gasteiger partial charge < -0.3 is 20.5 Å². The number of primary amides is 1. The molecule has 2 aromatic rings. The van der Waals surface area contributed by atoms with Crippen molar-refractivity contribution in [3.63, 3.8) is 0 Å². The number of nitro groups is 1. The molecule has 1 aliphatic heterocycles. The first-order valence-electron chi connectivity index (χ1n) is 6.29. The van der Waals surface area contributed by atoms with Gasteiger partial charge in [-0.2, -0.15) is 0 Å². The van der Waals surface area contributed by atoms with Crippen molar-refractivity contribution in [2.75, 3.05) is 12.1 Å². The number of carbonyl (C=O) groups excluding carboxylic acids is 1. The van der Waals surface area contributed by atoms with Crippen LogP contribution in [-0.4, -0.2) is 17.6 Å². The topological polar surface area (TPSA) is 117 Å². The predicted octanol–water partition coefficient (Wildman–Crippen LogP) is 2.17. The first kappa shape index (κ1) is 13.7. The molecule has 0 bridgehead atoms. The maximum atomic E-state index is 11.1. The molecular weight excluding hydrogens is 290 g/mol. The number of amides is 1. The third-order valence-electron chi connectivity index (χ3n) is 3.13. The summed E-state index contributed by atoms with van der Waals surface area (Å²) in [5.41, 5.74) is 5.81. The number of fused-ring (bicyclic) bond motifs is 1. The SMILES string of the molecule is NC(=O)c1ccc(Nc2ccc3c(c2)OCO3)c([N+](=O)[O-])c1. The summed E-state index contributed by atoms with van der Waals surface area (Å²) in [6.07, 6.45) is 0. The Hall–Kier alpha value is -3.29. The molecule has 0 aromatic heterocycles. The molecule has 2 aromatic carbocycles. The fraction of sp³-hybridized carbons (Fsp3) is 0.0714. The predicted molar refractivity (Wildman–Crippen MR) is 77.5 cm³/mol. The normalized spacial score (nSPS) is 12.0. The van der Waals surface area contributed by atoms with Gasteiger partial charge in [-0.25, -0.2) is 0 Å². The van der Waals surface area contributed by atoms with Crippen LogP contribution >= 0.6 is 0 Å². The Kier molecular flexibility index (Phi) is 3.26. The quantitative estimate of drug-likeness (QED) is 0.660. The van der Waals surface area contributed by atoms with Gasteiger partial charge in [0.1, 0.15) is 5.69 Å². The number of benzene rings is 2. The summed E-state index contributed by atoms with van der Waals surface area (Å²) >= 11 is 0. The van der Waals surface area contributed by atoms with Crippen molar-refractivity contribution in [1.82, 2.24) is 0 Å². The van der Waals surface area contributed by atoms with Gasteiger partial charge in [0.2, 0.25) is 12.7 Å². The Balaban J connectivity index is 1.94. The lowest BCUT2D eigenvalue weighted by Gasteiger charge is -2.08. The Morgan fingerprint density at radius 2 is 1.95 bits per heavy atom. The van der Waals surface area contributed by atoms with Gasteiger partial charge in [0.25, 0.3) is 5.69 Å². The minimum Gasteiger partial charge on any atom is -0.454 e. The molecule has 0 atom stereocenters. The second-order valence-electron chi connectivity index (χ2n) is 4.55. The van der Waals surface area contributed by atoms with Gasteiger partial charge >= 0.3 is 0 Å². The van der Waals surface area contributed by atoms with Crippen molar-refractivity contribution in [2.24, 2.45) is 5.73 Å². The number of nitrogens with two attached hydrogens (primary N) is 1. The van der Waals surface area contributed by atoms with E-state index in [1.54, 1.807) is 18.2 Å². The number of hydrogen-bond donors (Lipinski definition) is 2. The van der Waals surface area contributed by atoms with E-state index >= 15 is 0 Å². The Bertz CT molecular complexity index is 775. The summed E-state index contributed by atoms with van der Waals surface area (Å²) < 4.78 is 10.4. The van der Waals surface area contributed by atoms with E-state index in [-0.39, 0.29) is 23.7 Å². The maximum absolute atomic E-state index is 11.1. The number of nitro benzene ring substituents is 1. The van der Waals surface area contributed by atoms with Crippen LogP contribution in [0.2, 0.25) is 0 Å². The molecular formula is C14H11N3O5. The second kappa shape index (κ2) is 5.24. The first-order chi connectivity index (χ1) is 10.5. The molecule has 0 fully saturated rings. The van der Waals surface area contributed by atoms with Gasteiger partial charge in [-0.1, -0.05) is 0 Å². The number of ether oxygens (including phenoxy) is 2. The molecule has 0 spiro atoms. The van der Waals surface area contributed by atoms with E-state index < -0.39 is 10.8 Å². The summed E-state index contributed by atoms with van der Waals surface area (Å²) in [6.45, 7) is 0.145. The largest absolute Gasteiger partial charge is 0.454 e. The molecule has 3 rings (SSSR count). The smallest absolute Gasteiger partial charge is 0.293 e. The molecule has 0 radical (unpaired) electrons. The Morgan fingerprint density at radius 1 is 1.18 bits per heavy atom. The van der Waals surface area contributed by atoms with Gasteiger partial charge in [0.05, 0.1) is 4.92 Å². The fourth-order valence-corrected chi connectivity index (χ4v) is 2.07. The highest BCUT2D eigenvalue weighted by molar-refractivity contribution is 5.94. The molecule has 112 valence electrons. The standard InChI is InChI=1S/C14H11N3O5/c15-14(18)8-1-3-10(11(5-8)17(19)20)16-9-2-4-12-13(6-9)22-7-21-12/h1-6,16H,7H2,(H2,15,18). The minimum absolute atomic E-state index is 0.0722. The van der Waals surface area contributed by atoms with Gasteiger partial charge in [0.15, 0.2) is 11.5 Å². The maximum Gasteiger partial charge on any atom is 0.293 e. The van der Waals surface area contributed by atoms with Crippen LogP contribution in [-0.2, 0) is 0 Å². The van der Waals surface area contributed by atoms with Crippen LogP contribution in [0.5, 0.6) is 11.5 Å². The number of anilines is 2. The zero-order valence-electron chi connectivity index (χ0n) is 11.2. The fourth-order valence-electron chi connectivity index (χ4n) is 2.07. The Morgan fingerprint density at radius 3 is 2.68 bits per heavy atom. The average Bonchev–Trinajstić information content (AvgIpc) is 2.94. The lowest BCUT2D eigenvalue weighted by Crippen LogP contribution is -2.11. The van der Waals surface area contributed by atoms with Gasteiger partial charge in [0, 0.05) is 23.4 Å². The van der Waals surface area contributed by atoms with E-state index in [4.69, 9.17) is 15.2 Å². The number of rotatable bonds is 4. The van der Waals surface area contributed by atoms with Crippen molar-refractivity contribution in [3.05, 3.63) is 52.1 Å². The Labute approximate surface area is 124 Å². The molecule has 0 aliphatic carbocycles. The van der Waals surface area contributed by atoms with Crippen LogP contribution in [0.3, 0.4) is 0 Å². The van der Waals surface area contributed by atoms with Crippen LogP contribution < -0.4 is 20.5 Å². The summed E-state index contributed by atoms with van der Waals surface area (Å²) in [4.78, 5) is 21.7. The minimum atomic E-state index is -0.724. The van der Waals surface area contributed by atoms with E-state index in [1.807, 2.05) is 0 Å². The third-order valence-corrected chi connectivity index (χ3v) is 3.13. The lowest BCUT2D eigenvalue weighted by atomic mass is 10.1. The molecule has 0 saturated carbocycles. The van der Waals surface area contributed by atoms with Crippen molar-refractivity contribution in [2.45, 2.75) is 0 Å². The molecule has 8 heteroatoms.